The summed E-state index contributed by atoms with van der Waals surface area (Å²) in [5, 5.41) is 7.29. The molecule has 2 fully saturated rings. The first-order chi connectivity index (χ1) is 9.54. The molecule has 2 atom stereocenters. The fourth-order valence-corrected chi connectivity index (χ4v) is 3.96. The highest BCUT2D eigenvalue weighted by atomic mass is 35.5. The average molecular weight is 313 g/mol. The Morgan fingerprint density at radius 3 is 2.52 bits per heavy atom. The number of aromatic nitrogens is 2. The summed E-state index contributed by atoms with van der Waals surface area (Å²) >= 11 is 0. The lowest BCUT2D eigenvalue weighted by Crippen LogP contribution is -2.48. The molecule has 1 heterocycles. The number of aryl methyl sites for hydroxylation is 2. The van der Waals surface area contributed by atoms with Crippen molar-refractivity contribution >= 4 is 24.1 Å². The van der Waals surface area contributed by atoms with E-state index >= 15 is 0 Å². The monoisotopic (exact) mass is 312 g/mol. The first kappa shape index (κ1) is 16.3. The average Bonchev–Trinajstić information content (AvgIpc) is 2.67. The molecule has 6 heteroatoms. The van der Waals surface area contributed by atoms with Gasteiger partial charge in [0.2, 0.25) is 5.91 Å². The van der Waals surface area contributed by atoms with Crippen molar-refractivity contribution in [3.8, 4) is 0 Å². The highest BCUT2D eigenvalue weighted by molar-refractivity contribution is 5.91. The molecule has 2 bridgehead atoms. The van der Waals surface area contributed by atoms with Crippen molar-refractivity contribution in [2.24, 2.45) is 30.5 Å². The zero-order valence-electron chi connectivity index (χ0n) is 12.7. The molecular weight excluding hydrogens is 288 g/mol. The Kier molecular flexibility index (Phi) is 4.94. The smallest absolute Gasteiger partial charge is 0.228 e. The Morgan fingerprint density at radius 1 is 1.38 bits per heavy atom. The topological polar surface area (TPSA) is 72.9 Å². The lowest BCUT2D eigenvalue weighted by Gasteiger charge is -2.43. The molecule has 118 valence electrons. The van der Waals surface area contributed by atoms with Crippen molar-refractivity contribution in [2.45, 2.75) is 45.1 Å². The maximum absolute atomic E-state index is 12.5. The van der Waals surface area contributed by atoms with Crippen LogP contribution in [0, 0.1) is 24.7 Å². The Balaban J connectivity index is 0.00000161. The van der Waals surface area contributed by atoms with Crippen LogP contribution in [0.1, 0.15) is 37.8 Å². The standard InChI is InChI=1S/C15H24N4O.ClH/c1-9-6-13(19(2)18-9)17-15(20)12-7-10-4-3-5-11(8-12)14(10)16;/h6,10-12,14H,3-5,7-8,16H2,1-2H3,(H,17,20);1H. The first-order valence-corrected chi connectivity index (χ1v) is 7.61. The third kappa shape index (κ3) is 3.24. The number of hydrogen-bond acceptors (Lipinski definition) is 3. The number of amides is 1. The molecule has 3 rings (SSSR count). The van der Waals surface area contributed by atoms with Crippen LogP contribution in [0.2, 0.25) is 0 Å². The molecule has 0 radical (unpaired) electrons. The van der Waals surface area contributed by atoms with Crippen LogP contribution in [-0.4, -0.2) is 21.7 Å². The number of hydrogen-bond donors (Lipinski definition) is 2. The lowest BCUT2D eigenvalue weighted by molar-refractivity contribution is -0.122. The van der Waals surface area contributed by atoms with E-state index in [1.165, 1.54) is 19.3 Å². The highest BCUT2D eigenvalue weighted by Gasteiger charge is 2.40. The SMILES string of the molecule is Cc1cc(NC(=O)C2CC3CCCC(C2)C3N)n(C)n1.Cl. The van der Waals surface area contributed by atoms with E-state index in [0.29, 0.717) is 17.9 Å². The molecule has 5 nitrogen and oxygen atoms in total. The quantitative estimate of drug-likeness (QED) is 0.879. The van der Waals surface area contributed by atoms with E-state index in [9.17, 15) is 4.79 Å². The van der Waals surface area contributed by atoms with Gasteiger partial charge in [-0.25, -0.2) is 0 Å². The zero-order valence-corrected chi connectivity index (χ0v) is 13.5. The summed E-state index contributed by atoms with van der Waals surface area (Å²) in [6, 6.07) is 2.22. The van der Waals surface area contributed by atoms with Crippen molar-refractivity contribution in [3.05, 3.63) is 11.8 Å². The minimum atomic E-state index is 0. The number of nitrogens with zero attached hydrogens (tertiary/aromatic N) is 2. The van der Waals surface area contributed by atoms with E-state index in [0.717, 1.165) is 24.4 Å². The summed E-state index contributed by atoms with van der Waals surface area (Å²) in [6.07, 6.45) is 5.54. The van der Waals surface area contributed by atoms with E-state index in [4.69, 9.17) is 5.73 Å². The summed E-state index contributed by atoms with van der Waals surface area (Å²) in [5.41, 5.74) is 7.20. The van der Waals surface area contributed by atoms with Crippen LogP contribution in [0.25, 0.3) is 0 Å². The molecule has 1 aromatic heterocycles. The van der Waals surface area contributed by atoms with Crippen LogP contribution >= 0.6 is 12.4 Å². The van der Waals surface area contributed by atoms with E-state index in [1.807, 2.05) is 20.0 Å². The Labute approximate surface area is 132 Å². The van der Waals surface area contributed by atoms with Crippen LogP contribution < -0.4 is 11.1 Å². The summed E-state index contributed by atoms with van der Waals surface area (Å²) in [7, 11) is 1.86. The molecule has 1 aromatic rings. The van der Waals surface area contributed by atoms with Crippen molar-refractivity contribution in [3.63, 3.8) is 0 Å². The Bertz CT molecular complexity index is 502. The van der Waals surface area contributed by atoms with E-state index in [-0.39, 0.29) is 24.2 Å². The van der Waals surface area contributed by atoms with Crippen LogP contribution in [0.3, 0.4) is 0 Å². The maximum atomic E-state index is 12.5. The fourth-order valence-electron chi connectivity index (χ4n) is 3.96. The number of carbonyl (C=O) groups is 1. The summed E-state index contributed by atoms with van der Waals surface area (Å²) in [6.45, 7) is 1.93. The van der Waals surface area contributed by atoms with Crippen LogP contribution in [0.4, 0.5) is 5.82 Å². The first-order valence-electron chi connectivity index (χ1n) is 7.61. The van der Waals surface area contributed by atoms with Gasteiger partial charge in [0.1, 0.15) is 5.82 Å². The maximum Gasteiger partial charge on any atom is 0.228 e. The predicted molar refractivity (Wildman–Crippen MR) is 85.4 cm³/mol. The van der Waals surface area contributed by atoms with Gasteiger partial charge >= 0.3 is 0 Å². The summed E-state index contributed by atoms with van der Waals surface area (Å²) in [5.74, 6) is 2.10. The molecule has 2 aliphatic carbocycles. The second kappa shape index (κ2) is 6.36. The van der Waals surface area contributed by atoms with Crippen LogP contribution in [0.15, 0.2) is 6.07 Å². The van der Waals surface area contributed by atoms with Crippen molar-refractivity contribution < 1.29 is 4.79 Å². The van der Waals surface area contributed by atoms with E-state index in [2.05, 4.69) is 10.4 Å². The fraction of sp³-hybridized carbons (Fsp3) is 0.733. The third-order valence-electron chi connectivity index (χ3n) is 5.04. The number of carbonyl (C=O) groups excluding carboxylic acids is 1. The van der Waals surface area contributed by atoms with Gasteiger partial charge in [0, 0.05) is 25.1 Å². The predicted octanol–water partition coefficient (Wildman–Crippen LogP) is 2.24. The van der Waals surface area contributed by atoms with Gasteiger partial charge in [-0.05, 0) is 44.4 Å². The number of halogens is 1. The number of fused-ring (bicyclic) bond motifs is 2. The number of nitrogens with one attached hydrogen (secondary N) is 1. The minimum Gasteiger partial charge on any atom is -0.327 e. The Hall–Kier alpha value is -1.07. The van der Waals surface area contributed by atoms with E-state index in [1.54, 1.807) is 4.68 Å². The Morgan fingerprint density at radius 2 is 2.00 bits per heavy atom. The molecule has 0 aromatic carbocycles. The molecule has 2 unspecified atom stereocenters. The molecule has 2 aliphatic rings. The van der Waals surface area contributed by atoms with Gasteiger partial charge in [-0.15, -0.1) is 12.4 Å². The van der Waals surface area contributed by atoms with Gasteiger partial charge in [0.25, 0.3) is 0 Å². The van der Waals surface area contributed by atoms with Gasteiger partial charge in [-0.3, -0.25) is 9.48 Å². The minimum absolute atomic E-state index is 0. The molecule has 21 heavy (non-hydrogen) atoms. The van der Waals surface area contributed by atoms with Gasteiger partial charge < -0.3 is 11.1 Å². The number of nitrogens with two attached hydrogens (primary N) is 1. The third-order valence-corrected chi connectivity index (χ3v) is 5.04. The largest absolute Gasteiger partial charge is 0.327 e. The number of anilines is 1. The van der Waals surface area contributed by atoms with Gasteiger partial charge in [0.05, 0.1) is 5.69 Å². The molecular formula is C15H25ClN4O. The molecule has 0 spiro atoms. The second-order valence-electron chi connectivity index (χ2n) is 6.48. The number of rotatable bonds is 2. The molecule has 0 aliphatic heterocycles. The molecule has 0 saturated heterocycles. The summed E-state index contributed by atoms with van der Waals surface area (Å²) in [4.78, 5) is 12.5. The summed E-state index contributed by atoms with van der Waals surface area (Å²) < 4.78 is 1.72. The lowest BCUT2D eigenvalue weighted by atomic mass is 9.65. The van der Waals surface area contributed by atoms with Gasteiger partial charge in [-0.1, -0.05) is 6.42 Å². The van der Waals surface area contributed by atoms with Crippen molar-refractivity contribution in [1.82, 2.24) is 9.78 Å². The van der Waals surface area contributed by atoms with Crippen LogP contribution in [-0.2, 0) is 11.8 Å². The van der Waals surface area contributed by atoms with Crippen molar-refractivity contribution in [1.29, 1.82) is 0 Å². The molecule has 3 N–H and O–H groups in total. The van der Waals surface area contributed by atoms with E-state index < -0.39 is 0 Å². The van der Waals surface area contributed by atoms with Gasteiger partial charge in [-0.2, -0.15) is 5.10 Å². The van der Waals surface area contributed by atoms with Crippen LogP contribution in [0.5, 0.6) is 0 Å². The normalized spacial score (nSPS) is 31.4. The highest BCUT2D eigenvalue weighted by Crippen LogP contribution is 2.42. The zero-order chi connectivity index (χ0) is 14.3. The van der Waals surface area contributed by atoms with Gasteiger partial charge in [0.15, 0.2) is 0 Å². The molecule has 2 saturated carbocycles. The molecule has 1 amide bonds. The van der Waals surface area contributed by atoms with Crippen molar-refractivity contribution in [2.75, 3.05) is 5.32 Å². The second-order valence-corrected chi connectivity index (χ2v) is 6.48.